The van der Waals surface area contributed by atoms with Crippen molar-refractivity contribution in [1.82, 2.24) is 4.72 Å². The molecule has 1 aromatic heterocycles. The Morgan fingerprint density at radius 1 is 1.62 bits per heavy atom. The molecule has 0 radical (unpaired) electrons. The number of hydrogen-bond donors (Lipinski definition) is 2. The molecule has 0 aliphatic heterocycles. The van der Waals surface area contributed by atoms with Gasteiger partial charge < -0.3 is 9.84 Å². The molecule has 0 atom stereocenters. The first-order valence-electron chi connectivity index (χ1n) is 4.28. The summed E-state index contributed by atoms with van der Waals surface area (Å²) >= 11 is 0.871. The van der Waals surface area contributed by atoms with Crippen LogP contribution in [0.4, 0.5) is 0 Å². The predicted octanol–water partition coefficient (Wildman–Crippen LogP) is 0.371. The second-order valence-corrected chi connectivity index (χ2v) is 5.70. The van der Waals surface area contributed by atoms with Crippen LogP contribution in [-0.2, 0) is 14.8 Å². The Morgan fingerprint density at radius 3 is 2.88 bits per heavy atom. The van der Waals surface area contributed by atoms with Gasteiger partial charge in [-0.15, -0.1) is 11.3 Å². The van der Waals surface area contributed by atoms with Gasteiger partial charge in [0.15, 0.2) is 0 Å². The molecule has 0 aliphatic carbocycles. The van der Waals surface area contributed by atoms with Gasteiger partial charge in [-0.25, -0.2) is 17.9 Å². The molecular formula is C8H11NO5S2. The van der Waals surface area contributed by atoms with Crippen LogP contribution in [0.1, 0.15) is 10.4 Å². The summed E-state index contributed by atoms with van der Waals surface area (Å²) in [5, 5.41) is 10.2. The van der Waals surface area contributed by atoms with Gasteiger partial charge >= 0.3 is 5.97 Å². The van der Waals surface area contributed by atoms with Crippen LogP contribution in [0.25, 0.3) is 0 Å². The Hall–Kier alpha value is -0.960. The summed E-state index contributed by atoms with van der Waals surface area (Å²) in [4.78, 5) is 10.7. The highest BCUT2D eigenvalue weighted by Gasteiger charge is 2.23. The van der Waals surface area contributed by atoms with Gasteiger partial charge in [0.25, 0.3) is 10.0 Å². The zero-order chi connectivity index (χ0) is 12.2. The third-order valence-corrected chi connectivity index (χ3v) is 4.65. The third-order valence-electron chi connectivity index (χ3n) is 1.70. The third kappa shape index (κ3) is 3.01. The first-order chi connectivity index (χ1) is 7.49. The summed E-state index contributed by atoms with van der Waals surface area (Å²) in [7, 11) is -2.31. The number of nitrogens with one attached hydrogen (secondary N) is 1. The maximum absolute atomic E-state index is 11.7. The molecule has 0 bridgehead atoms. The molecule has 0 saturated heterocycles. The number of hydrogen-bond acceptors (Lipinski definition) is 5. The molecule has 0 amide bonds. The second-order valence-electron chi connectivity index (χ2n) is 2.82. The number of methoxy groups -OCH3 is 1. The topological polar surface area (TPSA) is 92.7 Å². The van der Waals surface area contributed by atoms with E-state index in [1.165, 1.54) is 18.6 Å². The number of rotatable bonds is 6. The number of carbonyl (C=O) groups is 1. The zero-order valence-electron chi connectivity index (χ0n) is 8.47. The van der Waals surface area contributed by atoms with E-state index in [1.54, 1.807) is 0 Å². The lowest BCUT2D eigenvalue weighted by Gasteiger charge is -2.04. The van der Waals surface area contributed by atoms with Crippen molar-refractivity contribution in [2.24, 2.45) is 0 Å². The Bertz CT molecular complexity index is 465. The minimum absolute atomic E-state index is 0.107. The lowest BCUT2D eigenvalue weighted by atomic mass is 10.4. The quantitative estimate of drug-likeness (QED) is 0.725. The van der Waals surface area contributed by atoms with E-state index in [4.69, 9.17) is 9.84 Å². The van der Waals surface area contributed by atoms with E-state index in [-0.39, 0.29) is 22.9 Å². The lowest BCUT2D eigenvalue weighted by molar-refractivity contribution is 0.0693. The summed E-state index contributed by atoms with van der Waals surface area (Å²) in [6.45, 7) is 0.336. The van der Waals surface area contributed by atoms with Crippen LogP contribution in [0.15, 0.2) is 15.7 Å². The van der Waals surface area contributed by atoms with E-state index < -0.39 is 16.0 Å². The highest BCUT2D eigenvalue weighted by atomic mass is 32.2. The van der Waals surface area contributed by atoms with Crippen molar-refractivity contribution in [2.45, 2.75) is 4.21 Å². The average Bonchev–Trinajstić information content (AvgIpc) is 2.66. The van der Waals surface area contributed by atoms with Crippen LogP contribution in [-0.4, -0.2) is 39.8 Å². The first kappa shape index (κ1) is 13.1. The normalized spacial score (nSPS) is 11.6. The number of aromatic carboxylic acids is 1. The summed E-state index contributed by atoms with van der Waals surface area (Å²) in [6.07, 6.45) is 0. The smallest absolute Gasteiger partial charge is 0.337 e. The summed E-state index contributed by atoms with van der Waals surface area (Å²) in [5.41, 5.74) is -0.213. The Balaban J connectivity index is 2.90. The van der Waals surface area contributed by atoms with Crippen LogP contribution >= 0.6 is 11.3 Å². The van der Waals surface area contributed by atoms with Gasteiger partial charge in [0, 0.05) is 13.7 Å². The monoisotopic (exact) mass is 265 g/mol. The Kier molecular flexibility index (Phi) is 4.42. The van der Waals surface area contributed by atoms with Gasteiger partial charge in [0.2, 0.25) is 0 Å². The fourth-order valence-corrected chi connectivity index (χ4v) is 3.39. The number of sulfonamides is 1. The maximum atomic E-state index is 11.7. The van der Waals surface area contributed by atoms with Crippen molar-refractivity contribution in [3.63, 3.8) is 0 Å². The number of carboxylic acids is 1. The molecular weight excluding hydrogens is 254 g/mol. The summed E-state index contributed by atoms with van der Waals surface area (Å²) in [6, 6.07) is 1.26. The van der Waals surface area contributed by atoms with Gasteiger partial charge in [-0.2, -0.15) is 0 Å². The van der Waals surface area contributed by atoms with E-state index in [0.29, 0.717) is 0 Å². The molecule has 8 heteroatoms. The minimum atomic E-state index is -3.76. The highest BCUT2D eigenvalue weighted by Crippen LogP contribution is 2.22. The van der Waals surface area contributed by atoms with Crippen molar-refractivity contribution < 1.29 is 23.1 Å². The molecule has 6 nitrogen and oxygen atoms in total. The average molecular weight is 265 g/mol. The first-order valence-corrected chi connectivity index (χ1v) is 6.64. The van der Waals surface area contributed by atoms with Crippen LogP contribution in [0.5, 0.6) is 0 Å². The predicted molar refractivity (Wildman–Crippen MR) is 58.3 cm³/mol. The Morgan fingerprint density at radius 2 is 2.31 bits per heavy atom. The SMILES string of the molecule is COCCNS(=O)(=O)c1sccc1C(=O)O. The fraction of sp³-hybridized carbons (Fsp3) is 0.375. The molecule has 0 aliphatic rings. The Labute approximate surface area is 96.9 Å². The maximum Gasteiger partial charge on any atom is 0.337 e. The molecule has 0 saturated carbocycles. The van der Waals surface area contributed by atoms with Crippen molar-refractivity contribution >= 4 is 27.3 Å². The standard InChI is InChI=1S/C8H11NO5S2/c1-14-4-3-9-16(12,13)8-6(7(10)11)2-5-15-8/h2,5,9H,3-4H2,1H3,(H,10,11). The van der Waals surface area contributed by atoms with Crippen molar-refractivity contribution in [3.8, 4) is 0 Å². The van der Waals surface area contributed by atoms with Crippen LogP contribution in [0, 0.1) is 0 Å². The molecule has 2 N–H and O–H groups in total. The molecule has 1 heterocycles. The van der Waals surface area contributed by atoms with Gasteiger partial charge in [-0.3, -0.25) is 0 Å². The van der Waals surface area contributed by atoms with E-state index >= 15 is 0 Å². The molecule has 0 unspecified atom stereocenters. The van der Waals surface area contributed by atoms with Crippen LogP contribution in [0.2, 0.25) is 0 Å². The van der Waals surface area contributed by atoms with Gasteiger partial charge in [-0.05, 0) is 11.4 Å². The van der Waals surface area contributed by atoms with Crippen molar-refractivity contribution in [3.05, 3.63) is 17.0 Å². The van der Waals surface area contributed by atoms with Crippen molar-refractivity contribution in [1.29, 1.82) is 0 Å². The molecule has 1 rings (SSSR count). The van der Waals surface area contributed by atoms with Gasteiger partial charge in [0.1, 0.15) is 4.21 Å². The molecule has 0 spiro atoms. The number of carboxylic acid groups (broad SMARTS) is 1. The lowest BCUT2D eigenvalue weighted by Crippen LogP contribution is -2.27. The fourth-order valence-electron chi connectivity index (χ4n) is 1.01. The zero-order valence-corrected chi connectivity index (χ0v) is 10.1. The van der Waals surface area contributed by atoms with Gasteiger partial charge in [-0.1, -0.05) is 0 Å². The van der Waals surface area contributed by atoms with Crippen molar-refractivity contribution in [2.75, 3.05) is 20.3 Å². The largest absolute Gasteiger partial charge is 0.478 e. The second kappa shape index (κ2) is 5.39. The van der Waals surface area contributed by atoms with Crippen LogP contribution in [0.3, 0.4) is 0 Å². The van der Waals surface area contributed by atoms with E-state index in [9.17, 15) is 13.2 Å². The number of thiophene rings is 1. The number of ether oxygens (including phenoxy) is 1. The van der Waals surface area contributed by atoms with Gasteiger partial charge in [0.05, 0.1) is 12.2 Å². The molecule has 1 aromatic rings. The molecule has 0 fully saturated rings. The summed E-state index contributed by atoms with van der Waals surface area (Å²) < 4.78 is 30.1. The van der Waals surface area contributed by atoms with E-state index in [0.717, 1.165) is 11.3 Å². The van der Waals surface area contributed by atoms with E-state index in [1.807, 2.05) is 0 Å². The minimum Gasteiger partial charge on any atom is -0.478 e. The molecule has 16 heavy (non-hydrogen) atoms. The van der Waals surface area contributed by atoms with Crippen LogP contribution < -0.4 is 4.72 Å². The highest BCUT2D eigenvalue weighted by molar-refractivity contribution is 7.91. The summed E-state index contributed by atoms with van der Waals surface area (Å²) in [5.74, 6) is -1.26. The van der Waals surface area contributed by atoms with E-state index in [2.05, 4.69) is 4.72 Å². The molecule has 0 aromatic carbocycles. The molecule has 90 valence electrons.